The fourth-order valence-corrected chi connectivity index (χ4v) is 2.43. The van der Waals surface area contributed by atoms with Gasteiger partial charge in [-0.1, -0.05) is 37.6 Å². The summed E-state index contributed by atoms with van der Waals surface area (Å²) in [5.41, 5.74) is 8.42. The molecule has 1 aromatic carbocycles. The quantitative estimate of drug-likeness (QED) is 0.833. The SMILES string of the molecule is CCCC(N)C(=O)NC1CCc2ccccc21. The Morgan fingerprint density at radius 3 is 3.06 bits per heavy atom. The number of rotatable bonds is 4. The third kappa shape index (κ3) is 2.67. The van der Waals surface area contributed by atoms with Crippen molar-refractivity contribution >= 4 is 5.91 Å². The minimum atomic E-state index is -0.368. The Balaban J connectivity index is 2.00. The number of carbonyl (C=O) groups is 1. The second-order valence-corrected chi connectivity index (χ2v) is 4.69. The number of hydrogen-bond acceptors (Lipinski definition) is 2. The average Bonchev–Trinajstić information content (AvgIpc) is 2.73. The maximum atomic E-state index is 11.9. The summed E-state index contributed by atoms with van der Waals surface area (Å²) in [5.74, 6) is -0.0199. The van der Waals surface area contributed by atoms with Gasteiger partial charge in [-0.15, -0.1) is 0 Å². The second-order valence-electron chi connectivity index (χ2n) is 4.69. The van der Waals surface area contributed by atoms with E-state index in [0.29, 0.717) is 0 Å². The molecule has 0 aliphatic heterocycles. The second kappa shape index (κ2) is 5.32. The Hall–Kier alpha value is -1.35. The van der Waals surface area contributed by atoms with E-state index in [0.717, 1.165) is 25.7 Å². The predicted octanol–water partition coefficient (Wildman–Crippen LogP) is 1.92. The van der Waals surface area contributed by atoms with Gasteiger partial charge in [0, 0.05) is 0 Å². The third-order valence-corrected chi connectivity index (χ3v) is 3.39. The number of aryl methyl sites for hydroxylation is 1. The van der Waals surface area contributed by atoms with Gasteiger partial charge in [0.1, 0.15) is 0 Å². The molecule has 3 heteroatoms. The van der Waals surface area contributed by atoms with E-state index >= 15 is 0 Å². The molecule has 1 aliphatic rings. The highest BCUT2D eigenvalue weighted by Crippen LogP contribution is 2.30. The Morgan fingerprint density at radius 1 is 1.53 bits per heavy atom. The summed E-state index contributed by atoms with van der Waals surface area (Å²) in [6.45, 7) is 2.04. The van der Waals surface area contributed by atoms with Gasteiger partial charge in [-0.05, 0) is 30.4 Å². The summed E-state index contributed by atoms with van der Waals surface area (Å²) < 4.78 is 0. The van der Waals surface area contributed by atoms with Crippen LogP contribution in [-0.4, -0.2) is 11.9 Å². The van der Waals surface area contributed by atoms with Gasteiger partial charge < -0.3 is 11.1 Å². The molecule has 17 heavy (non-hydrogen) atoms. The van der Waals surface area contributed by atoms with Crippen molar-refractivity contribution < 1.29 is 4.79 Å². The maximum absolute atomic E-state index is 11.9. The van der Waals surface area contributed by atoms with Crippen LogP contribution in [0.4, 0.5) is 0 Å². The molecule has 0 bridgehead atoms. The molecule has 0 heterocycles. The van der Waals surface area contributed by atoms with Crippen molar-refractivity contribution in [3.63, 3.8) is 0 Å². The molecular weight excluding hydrogens is 212 g/mol. The van der Waals surface area contributed by atoms with Gasteiger partial charge in [0.2, 0.25) is 5.91 Å². The fourth-order valence-electron chi connectivity index (χ4n) is 2.43. The molecule has 1 aliphatic carbocycles. The number of nitrogens with one attached hydrogen (secondary N) is 1. The maximum Gasteiger partial charge on any atom is 0.237 e. The topological polar surface area (TPSA) is 55.1 Å². The lowest BCUT2D eigenvalue weighted by Crippen LogP contribution is -2.41. The molecule has 1 aromatic rings. The van der Waals surface area contributed by atoms with Crippen molar-refractivity contribution in [2.45, 2.75) is 44.7 Å². The van der Waals surface area contributed by atoms with E-state index in [1.807, 2.05) is 19.1 Å². The molecule has 0 radical (unpaired) electrons. The molecule has 0 aromatic heterocycles. The van der Waals surface area contributed by atoms with E-state index in [-0.39, 0.29) is 18.0 Å². The normalized spacial score (nSPS) is 19.8. The first-order chi connectivity index (χ1) is 8.22. The first-order valence-corrected chi connectivity index (χ1v) is 6.36. The highest BCUT2D eigenvalue weighted by molar-refractivity contribution is 5.82. The Labute approximate surface area is 102 Å². The van der Waals surface area contributed by atoms with Crippen LogP contribution in [0.5, 0.6) is 0 Å². The molecular formula is C14H20N2O. The summed E-state index contributed by atoms with van der Waals surface area (Å²) in [6.07, 6.45) is 3.73. The minimum Gasteiger partial charge on any atom is -0.348 e. The van der Waals surface area contributed by atoms with Gasteiger partial charge in [0.05, 0.1) is 12.1 Å². The van der Waals surface area contributed by atoms with Crippen molar-refractivity contribution in [2.24, 2.45) is 5.73 Å². The molecule has 2 rings (SSSR count). The first kappa shape index (κ1) is 12.1. The smallest absolute Gasteiger partial charge is 0.237 e. The van der Waals surface area contributed by atoms with Gasteiger partial charge in [-0.2, -0.15) is 0 Å². The Kier molecular flexibility index (Phi) is 3.79. The van der Waals surface area contributed by atoms with Crippen molar-refractivity contribution in [3.8, 4) is 0 Å². The molecule has 2 atom stereocenters. The Bertz CT molecular complexity index is 403. The van der Waals surface area contributed by atoms with Crippen molar-refractivity contribution in [1.82, 2.24) is 5.32 Å². The Morgan fingerprint density at radius 2 is 2.29 bits per heavy atom. The first-order valence-electron chi connectivity index (χ1n) is 6.36. The lowest BCUT2D eigenvalue weighted by Gasteiger charge is -2.17. The van der Waals surface area contributed by atoms with E-state index in [2.05, 4.69) is 17.4 Å². The van der Waals surface area contributed by atoms with Gasteiger partial charge >= 0.3 is 0 Å². The van der Waals surface area contributed by atoms with E-state index in [1.54, 1.807) is 0 Å². The monoisotopic (exact) mass is 232 g/mol. The van der Waals surface area contributed by atoms with Crippen LogP contribution in [0, 0.1) is 0 Å². The molecule has 1 amide bonds. The van der Waals surface area contributed by atoms with Crippen LogP contribution in [0.3, 0.4) is 0 Å². The van der Waals surface area contributed by atoms with Crippen LogP contribution in [-0.2, 0) is 11.2 Å². The van der Waals surface area contributed by atoms with E-state index in [1.165, 1.54) is 11.1 Å². The van der Waals surface area contributed by atoms with Gasteiger partial charge in [-0.25, -0.2) is 0 Å². The van der Waals surface area contributed by atoms with Gasteiger partial charge in [-0.3, -0.25) is 4.79 Å². The number of hydrogen-bond donors (Lipinski definition) is 2. The lowest BCUT2D eigenvalue weighted by molar-refractivity contribution is -0.123. The lowest BCUT2D eigenvalue weighted by atomic mass is 10.1. The number of fused-ring (bicyclic) bond motifs is 1. The number of benzene rings is 1. The molecule has 0 saturated heterocycles. The number of amides is 1. The zero-order valence-electron chi connectivity index (χ0n) is 10.3. The van der Waals surface area contributed by atoms with Crippen molar-refractivity contribution in [3.05, 3.63) is 35.4 Å². The summed E-state index contributed by atoms with van der Waals surface area (Å²) >= 11 is 0. The van der Waals surface area contributed by atoms with Crippen LogP contribution in [0.1, 0.15) is 43.4 Å². The molecule has 0 saturated carbocycles. The van der Waals surface area contributed by atoms with Crippen molar-refractivity contribution in [2.75, 3.05) is 0 Å². The largest absolute Gasteiger partial charge is 0.348 e. The predicted molar refractivity (Wildman–Crippen MR) is 68.5 cm³/mol. The molecule has 3 nitrogen and oxygen atoms in total. The summed E-state index contributed by atoms with van der Waals surface area (Å²) in [5, 5.41) is 3.06. The average molecular weight is 232 g/mol. The van der Waals surface area contributed by atoms with Crippen molar-refractivity contribution in [1.29, 1.82) is 0 Å². The standard InChI is InChI=1S/C14H20N2O/c1-2-5-12(15)14(17)16-13-9-8-10-6-3-4-7-11(10)13/h3-4,6-7,12-13H,2,5,8-9,15H2,1H3,(H,16,17). The van der Waals surface area contributed by atoms with Crippen LogP contribution < -0.4 is 11.1 Å². The number of carbonyl (C=O) groups excluding carboxylic acids is 1. The molecule has 3 N–H and O–H groups in total. The van der Waals surface area contributed by atoms with Crippen LogP contribution in [0.15, 0.2) is 24.3 Å². The zero-order chi connectivity index (χ0) is 12.3. The summed E-state index contributed by atoms with van der Waals surface area (Å²) in [6, 6.07) is 8.09. The van der Waals surface area contributed by atoms with E-state index in [4.69, 9.17) is 5.73 Å². The minimum absolute atomic E-state index is 0.0199. The molecule has 92 valence electrons. The molecule has 0 fully saturated rings. The van der Waals surface area contributed by atoms with Crippen LogP contribution in [0.25, 0.3) is 0 Å². The highest BCUT2D eigenvalue weighted by atomic mass is 16.2. The molecule has 0 spiro atoms. The van der Waals surface area contributed by atoms with E-state index in [9.17, 15) is 4.79 Å². The molecule has 2 unspecified atom stereocenters. The zero-order valence-corrected chi connectivity index (χ0v) is 10.3. The fraction of sp³-hybridized carbons (Fsp3) is 0.500. The van der Waals surface area contributed by atoms with E-state index < -0.39 is 0 Å². The highest BCUT2D eigenvalue weighted by Gasteiger charge is 2.24. The number of nitrogens with two attached hydrogens (primary N) is 1. The summed E-state index contributed by atoms with van der Waals surface area (Å²) in [4.78, 5) is 11.9. The third-order valence-electron chi connectivity index (χ3n) is 3.39. The van der Waals surface area contributed by atoms with Crippen LogP contribution >= 0.6 is 0 Å². The summed E-state index contributed by atoms with van der Waals surface area (Å²) in [7, 11) is 0. The van der Waals surface area contributed by atoms with Gasteiger partial charge in [0.25, 0.3) is 0 Å². The van der Waals surface area contributed by atoms with Crippen LogP contribution in [0.2, 0.25) is 0 Å². The van der Waals surface area contributed by atoms with Gasteiger partial charge in [0.15, 0.2) is 0 Å².